The molecule has 196 valence electrons. The van der Waals surface area contributed by atoms with Crippen LogP contribution in [0.15, 0.2) is 48.0 Å². The van der Waals surface area contributed by atoms with Gasteiger partial charge in [-0.3, -0.25) is 4.79 Å². The molecular weight excluding hydrogens is 453 g/mol. The van der Waals surface area contributed by atoms with Gasteiger partial charge in [0.25, 0.3) is 5.91 Å². The molecule has 1 aromatic carbocycles. The van der Waals surface area contributed by atoms with Crippen molar-refractivity contribution in [1.82, 2.24) is 15.1 Å². The van der Waals surface area contributed by atoms with E-state index in [9.17, 15) is 9.18 Å². The first-order valence-corrected chi connectivity index (χ1v) is 13.5. The number of allylic oxidation sites excluding steroid dienone is 4. The summed E-state index contributed by atoms with van der Waals surface area (Å²) in [5.41, 5.74) is 3.76. The van der Waals surface area contributed by atoms with Crippen LogP contribution in [0.5, 0.6) is 0 Å². The zero-order valence-corrected chi connectivity index (χ0v) is 22.4. The maximum atomic E-state index is 13.9. The van der Waals surface area contributed by atoms with Gasteiger partial charge < -0.3 is 19.9 Å². The Morgan fingerprint density at radius 1 is 1.08 bits per heavy atom. The summed E-state index contributed by atoms with van der Waals surface area (Å²) in [6.07, 6.45) is 11.6. The molecule has 3 heterocycles. The van der Waals surface area contributed by atoms with Crippen LogP contribution >= 0.6 is 0 Å². The number of benzene rings is 1. The van der Waals surface area contributed by atoms with E-state index in [1.54, 1.807) is 13.8 Å². The van der Waals surface area contributed by atoms with Crippen molar-refractivity contribution in [3.63, 3.8) is 0 Å². The average molecular weight is 496 g/mol. The number of nitrogens with one attached hydrogen (secondary N) is 1. The molecule has 0 unspecified atom stereocenters. The molecule has 5 nitrogen and oxygen atoms in total. The molecular formula is C30H42FN3O2. The number of rotatable bonds is 7. The molecule has 0 aromatic heterocycles. The lowest BCUT2D eigenvalue weighted by Crippen LogP contribution is -2.41. The Balaban J connectivity index is 1.33. The minimum absolute atomic E-state index is 0.148. The molecule has 6 heteroatoms. The molecule has 2 fully saturated rings. The summed E-state index contributed by atoms with van der Waals surface area (Å²) in [7, 11) is 0. The first kappa shape index (κ1) is 26.5. The van der Waals surface area contributed by atoms with Gasteiger partial charge in [-0.05, 0) is 114 Å². The first-order chi connectivity index (χ1) is 17.2. The number of carbonyl (C=O) groups excluding carboxylic acids is 1. The lowest BCUT2D eigenvalue weighted by atomic mass is 9.97. The van der Waals surface area contributed by atoms with Crippen molar-refractivity contribution in [3.8, 4) is 0 Å². The molecule has 1 N–H and O–H groups in total. The van der Waals surface area contributed by atoms with Gasteiger partial charge in [0.05, 0.1) is 12.3 Å². The fraction of sp³-hybridized carbons (Fsp3) is 0.567. The standard InChI is InChI=1S/C30H42FN3O2/c1-22-18-25(8-10-27(22)29(35)34-14-6-5-7-15-34)26-9-11-28(23(2)32-19-26)36-20-24-12-16-33(17-13-24)21-30(3,4)31/h8-11,18-19,24,32H,5-7,12-17,20-21H2,1-4H3. The van der Waals surface area contributed by atoms with Crippen LogP contribution in [-0.4, -0.2) is 60.7 Å². The Kier molecular flexibility index (Phi) is 8.55. The molecule has 1 aromatic rings. The van der Waals surface area contributed by atoms with E-state index in [1.807, 2.05) is 43.2 Å². The second-order valence-corrected chi connectivity index (χ2v) is 11.2. The average Bonchev–Trinajstić information content (AvgIpc) is 3.04. The highest BCUT2D eigenvalue weighted by Crippen LogP contribution is 2.26. The summed E-state index contributed by atoms with van der Waals surface area (Å²) in [5, 5.41) is 3.38. The summed E-state index contributed by atoms with van der Waals surface area (Å²) in [5.74, 6) is 1.48. The van der Waals surface area contributed by atoms with Gasteiger partial charge in [-0.2, -0.15) is 0 Å². The number of carbonyl (C=O) groups is 1. The highest BCUT2D eigenvalue weighted by atomic mass is 19.1. The van der Waals surface area contributed by atoms with Crippen molar-refractivity contribution in [2.45, 2.75) is 65.5 Å². The van der Waals surface area contributed by atoms with Gasteiger partial charge in [-0.25, -0.2) is 4.39 Å². The number of alkyl halides is 1. The third-order valence-corrected chi connectivity index (χ3v) is 7.44. The highest BCUT2D eigenvalue weighted by molar-refractivity contribution is 5.96. The maximum absolute atomic E-state index is 13.9. The van der Waals surface area contributed by atoms with Crippen LogP contribution in [0.2, 0.25) is 0 Å². The third-order valence-electron chi connectivity index (χ3n) is 7.44. The van der Waals surface area contributed by atoms with Crippen molar-refractivity contribution < 1.29 is 13.9 Å². The first-order valence-electron chi connectivity index (χ1n) is 13.5. The van der Waals surface area contributed by atoms with Crippen molar-refractivity contribution in [3.05, 3.63) is 64.7 Å². The van der Waals surface area contributed by atoms with Gasteiger partial charge in [-0.1, -0.05) is 12.1 Å². The van der Waals surface area contributed by atoms with Crippen molar-refractivity contribution in [2.75, 3.05) is 39.3 Å². The predicted molar refractivity (Wildman–Crippen MR) is 144 cm³/mol. The summed E-state index contributed by atoms with van der Waals surface area (Å²) < 4.78 is 20.2. The molecule has 0 spiro atoms. The van der Waals surface area contributed by atoms with E-state index in [2.05, 4.69) is 22.4 Å². The van der Waals surface area contributed by atoms with E-state index < -0.39 is 5.67 Å². The van der Waals surface area contributed by atoms with E-state index in [0.717, 1.165) is 85.6 Å². The fourth-order valence-electron chi connectivity index (χ4n) is 5.33. The number of halogens is 1. The number of amides is 1. The zero-order chi connectivity index (χ0) is 25.7. The summed E-state index contributed by atoms with van der Waals surface area (Å²) in [6, 6.07) is 6.10. The molecule has 0 bridgehead atoms. The summed E-state index contributed by atoms with van der Waals surface area (Å²) in [6.45, 7) is 12.1. The van der Waals surface area contributed by atoms with Gasteiger partial charge in [0.15, 0.2) is 0 Å². The minimum atomic E-state index is -1.14. The lowest BCUT2D eigenvalue weighted by Gasteiger charge is -2.34. The SMILES string of the molecule is CC1=C(OCC2CCN(CC(C)(C)F)CC2)C=CC(c2ccc(C(=O)N3CCCCC3)c(C)c2)=CN1. The number of aryl methyl sites for hydroxylation is 1. The molecule has 4 rings (SSSR count). The second kappa shape index (κ2) is 11.6. The number of nitrogens with zero attached hydrogens (tertiary/aromatic N) is 2. The van der Waals surface area contributed by atoms with Crippen LogP contribution in [0.25, 0.3) is 5.57 Å². The van der Waals surface area contributed by atoms with E-state index in [4.69, 9.17) is 4.74 Å². The van der Waals surface area contributed by atoms with E-state index >= 15 is 0 Å². The Morgan fingerprint density at radius 2 is 1.81 bits per heavy atom. The lowest BCUT2D eigenvalue weighted by molar-refractivity contribution is 0.0720. The Morgan fingerprint density at radius 3 is 2.47 bits per heavy atom. The third kappa shape index (κ3) is 7.00. The van der Waals surface area contributed by atoms with E-state index in [1.165, 1.54) is 6.42 Å². The molecule has 3 aliphatic rings. The number of hydrogen-bond acceptors (Lipinski definition) is 4. The van der Waals surface area contributed by atoms with Crippen LogP contribution in [0, 0.1) is 12.8 Å². The number of ether oxygens (including phenoxy) is 1. The Bertz CT molecular complexity index is 1020. The fourth-order valence-corrected chi connectivity index (χ4v) is 5.33. The van der Waals surface area contributed by atoms with Crippen LogP contribution in [-0.2, 0) is 4.74 Å². The summed E-state index contributed by atoms with van der Waals surface area (Å²) >= 11 is 0. The molecule has 0 radical (unpaired) electrons. The highest BCUT2D eigenvalue weighted by Gasteiger charge is 2.26. The summed E-state index contributed by atoms with van der Waals surface area (Å²) in [4.78, 5) is 17.2. The Labute approximate surface area is 216 Å². The monoisotopic (exact) mass is 495 g/mol. The normalized spacial score (nSPS) is 20.1. The van der Waals surface area contributed by atoms with Crippen molar-refractivity contribution in [2.24, 2.45) is 5.92 Å². The molecule has 0 aliphatic carbocycles. The number of hydrogen-bond donors (Lipinski definition) is 1. The Hall–Kier alpha value is -2.60. The number of likely N-dealkylation sites (tertiary alicyclic amines) is 2. The van der Waals surface area contributed by atoms with Crippen molar-refractivity contribution in [1.29, 1.82) is 0 Å². The zero-order valence-electron chi connectivity index (χ0n) is 22.4. The minimum Gasteiger partial charge on any atom is -0.491 e. The van der Waals surface area contributed by atoms with Crippen LogP contribution in [0.1, 0.15) is 74.4 Å². The van der Waals surface area contributed by atoms with Gasteiger partial charge in [0, 0.05) is 31.4 Å². The van der Waals surface area contributed by atoms with Crippen LogP contribution in [0.4, 0.5) is 4.39 Å². The second-order valence-electron chi connectivity index (χ2n) is 11.2. The quantitative estimate of drug-likeness (QED) is 0.517. The van der Waals surface area contributed by atoms with Crippen LogP contribution in [0.3, 0.4) is 0 Å². The van der Waals surface area contributed by atoms with Gasteiger partial charge in [0.2, 0.25) is 0 Å². The van der Waals surface area contributed by atoms with Gasteiger partial charge in [-0.15, -0.1) is 0 Å². The molecule has 1 amide bonds. The number of piperidine rings is 2. The molecule has 3 aliphatic heterocycles. The predicted octanol–water partition coefficient (Wildman–Crippen LogP) is 5.83. The molecule has 36 heavy (non-hydrogen) atoms. The van der Waals surface area contributed by atoms with Crippen LogP contribution < -0.4 is 5.32 Å². The van der Waals surface area contributed by atoms with E-state index in [0.29, 0.717) is 19.1 Å². The maximum Gasteiger partial charge on any atom is 0.254 e. The van der Waals surface area contributed by atoms with Crippen molar-refractivity contribution >= 4 is 11.5 Å². The molecule has 0 atom stereocenters. The topological polar surface area (TPSA) is 44.8 Å². The van der Waals surface area contributed by atoms with E-state index in [-0.39, 0.29) is 5.91 Å². The van der Waals surface area contributed by atoms with Gasteiger partial charge in [0.1, 0.15) is 11.4 Å². The smallest absolute Gasteiger partial charge is 0.254 e. The largest absolute Gasteiger partial charge is 0.491 e. The molecule has 0 saturated carbocycles. The molecule has 2 saturated heterocycles. The van der Waals surface area contributed by atoms with Gasteiger partial charge >= 0.3 is 0 Å².